The molecule has 0 bridgehead atoms. The van der Waals surface area contributed by atoms with Crippen molar-refractivity contribution in [3.63, 3.8) is 0 Å². The number of rotatable bonds is 6. The third-order valence-electron chi connectivity index (χ3n) is 3.27. The van der Waals surface area contributed by atoms with E-state index in [4.69, 9.17) is 0 Å². The van der Waals surface area contributed by atoms with E-state index in [2.05, 4.69) is 40.3 Å². The van der Waals surface area contributed by atoms with Gasteiger partial charge in [0.2, 0.25) is 0 Å². The molecular formula is C17H19BrFNS. The van der Waals surface area contributed by atoms with E-state index < -0.39 is 0 Å². The quantitative estimate of drug-likeness (QED) is 0.691. The van der Waals surface area contributed by atoms with Crippen LogP contribution in [0.5, 0.6) is 0 Å². The lowest BCUT2D eigenvalue weighted by atomic mass is 10.0. The SMILES string of the molecule is CCNC(CSc1cccc(Br)c1)c1ccc(F)cc1C. The van der Waals surface area contributed by atoms with Crippen LogP contribution in [0.15, 0.2) is 51.8 Å². The van der Waals surface area contributed by atoms with Crippen LogP contribution in [0.25, 0.3) is 0 Å². The predicted octanol–water partition coefficient (Wildman–Crippen LogP) is 5.34. The zero-order valence-corrected chi connectivity index (χ0v) is 14.6. The van der Waals surface area contributed by atoms with Crippen molar-refractivity contribution in [3.8, 4) is 0 Å². The minimum absolute atomic E-state index is 0.175. The normalized spacial score (nSPS) is 12.4. The van der Waals surface area contributed by atoms with E-state index in [0.29, 0.717) is 0 Å². The van der Waals surface area contributed by atoms with Crippen LogP contribution in [0.4, 0.5) is 4.39 Å². The van der Waals surface area contributed by atoms with Crippen LogP contribution < -0.4 is 5.32 Å². The Kier molecular flexibility index (Phi) is 6.27. The second-order valence-corrected chi connectivity index (χ2v) is 6.89. The maximum atomic E-state index is 13.3. The summed E-state index contributed by atoms with van der Waals surface area (Å²) in [6.07, 6.45) is 0. The van der Waals surface area contributed by atoms with E-state index in [9.17, 15) is 4.39 Å². The summed E-state index contributed by atoms with van der Waals surface area (Å²) in [5, 5.41) is 3.49. The van der Waals surface area contributed by atoms with E-state index in [1.165, 1.54) is 16.5 Å². The van der Waals surface area contributed by atoms with Gasteiger partial charge in [-0.1, -0.05) is 35.0 Å². The fourth-order valence-electron chi connectivity index (χ4n) is 2.27. The monoisotopic (exact) mass is 367 g/mol. The van der Waals surface area contributed by atoms with Gasteiger partial charge < -0.3 is 5.32 Å². The first-order chi connectivity index (χ1) is 10.1. The molecule has 0 amide bonds. The second-order valence-electron chi connectivity index (χ2n) is 4.88. The fraction of sp³-hybridized carbons (Fsp3) is 0.294. The lowest BCUT2D eigenvalue weighted by Crippen LogP contribution is -2.23. The van der Waals surface area contributed by atoms with Crippen LogP contribution in [0.3, 0.4) is 0 Å². The summed E-state index contributed by atoms with van der Waals surface area (Å²) in [7, 11) is 0. The lowest BCUT2D eigenvalue weighted by Gasteiger charge is -2.20. The van der Waals surface area contributed by atoms with Gasteiger partial charge >= 0.3 is 0 Å². The van der Waals surface area contributed by atoms with Crippen LogP contribution in [0.2, 0.25) is 0 Å². The molecular weight excluding hydrogens is 349 g/mol. The molecule has 0 fully saturated rings. The maximum absolute atomic E-state index is 13.3. The molecule has 2 rings (SSSR count). The number of aryl methyl sites for hydroxylation is 1. The third kappa shape index (κ3) is 4.83. The molecule has 0 saturated heterocycles. The van der Waals surface area contributed by atoms with E-state index in [0.717, 1.165) is 22.3 Å². The molecule has 2 aromatic carbocycles. The van der Waals surface area contributed by atoms with Crippen molar-refractivity contribution in [2.45, 2.75) is 24.8 Å². The van der Waals surface area contributed by atoms with Gasteiger partial charge in [0.25, 0.3) is 0 Å². The molecule has 112 valence electrons. The molecule has 0 saturated carbocycles. The Morgan fingerprint density at radius 1 is 1.24 bits per heavy atom. The lowest BCUT2D eigenvalue weighted by molar-refractivity contribution is 0.594. The Bertz CT molecular complexity index is 603. The zero-order valence-electron chi connectivity index (χ0n) is 12.2. The van der Waals surface area contributed by atoms with Crippen LogP contribution >= 0.6 is 27.7 Å². The van der Waals surface area contributed by atoms with Crippen molar-refractivity contribution in [1.82, 2.24) is 5.32 Å². The molecule has 0 heterocycles. The molecule has 2 aromatic rings. The van der Waals surface area contributed by atoms with Crippen LogP contribution in [0.1, 0.15) is 24.1 Å². The average Bonchev–Trinajstić information content (AvgIpc) is 2.44. The van der Waals surface area contributed by atoms with Crippen LogP contribution in [-0.4, -0.2) is 12.3 Å². The first kappa shape index (κ1) is 16.5. The molecule has 0 aliphatic carbocycles. The smallest absolute Gasteiger partial charge is 0.123 e. The third-order valence-corrected chi connectivity index (χ3v) is 4.85. The van der Waals surface area contributed by atoms with Gasteiger partial charge in [0.05, 0.1) is 0 Å². The Morgan fingerprint density at radius 2 is 2.05 bits per heavy atom. The highest BCUT2D eigenvalue weighted by atomic mass is 79.9. The summed E-state index contributed by atoms with van der Waals surface area (Å²) >= 11 is 5.30. The van der Waals surface area contributed by atoms with E-state index >= 15 is 0 Å². The summed E-state index contributed by atoms with van der Waals surface area (Å²) in [6.45, 7) is 4.95. The van der Waals surface area contributed by atoms with Crippen molar-refractivity contribution in [2.24, 2.45) is 0 Å². The van der Waals surface area contributed by atoms with E-state index in [1.807, 2.05) is 25.1 Å². The van der Waals surface area contributed by atoms with Crippen molar-refractivity contribution in [2.75, 3.05) is 12.3 Å². The van der Waals surface area contributed by atoms with Gasteiger partial charge in [-0.3, -0.25) is 0 Å². The molecule has 21 heavy (non-hydrogen) atoms. The summed E-state index contributed by atoms with van der Waals surface area (Å²) in [5.41, 5.74) is 2.16. The van der Waals surface area contributed by atoms with E-state index in [1.54, 1.807) is 17.8 Å². The number of thioether (sulfide) groups is 1. The molecule has 1 nitrogen and oxygen atoms in total. The highest BCUT2D eigenvalue weighted by Crippen LogP contribution is 2.28. The van der Waals surface area contributed by atoms with Crippen molar-refractivity contribution in [3.05, 3.63) is 63.9 Å². The Balaban J connectivity index is 2.12. The number of hydrogen-bond acceptors (Lipinski definition) is 2. The number of halogens is 2. The van der Waals surface area contributed by atoms with Gasteiger partial charge in [0.15, 0.2) is 0 Å². The Hall–Kier alpha value is -0.840. The highest BCUT2D eigenvalue weighted by molar-refractivity contribution is 9.10. The summed E-state index contributed by atoms with van der Waals surface area (Å²) in [4.78, 5) is 1.23. The van der Waals surface area contributed by atoms with Gasteiger partial charge in [-0.15, -0.1) is 11.8 Å². The molecule has 1 N–H and O–H groups in total. The van der Waals surface area contributed by atoms with Crippen molar-refractivity contribution >= 4 is 27.7 Å². The molecule has 0 spiro atoms. The molecule has 0 radical (unpaired) electrons. The Morgan fingerprint density at radius 3 is 2.71 bits per heavy atom. The van der Waals surface area contributed by atoms with Gasteiger partial charge in [-0.2, -0.15) is 0 Å². The van der Waals surface area contributed by atoms with Gasteiger partial charge in [0.1, 0.15) is 5.82 Å². The Labute approximate surface area is 138 Å². The minimum Gasteiger partial charge on any atom is -0.309 e. The summed E-state index contributed by atoms with van der Waals surface area (Å²) in [6, 6.07) is 13.5. The van der Waals surface area contributed by atoms with Crippen LogP contribution in [-0.2, 0) is 0 Å². The summed E-state index contributed by atoms with van der Waals surface area (Å²) in [5.74, 6) is 0.739. The molecule has 1 atom stereocenters. The standard InChI is InChI=1S/C17H19BrFNS/c1-3-20-17(16-8-7-14(19)9-12(16)2)11-21-15-6-4-5-13(18)10-15/h4-10,17,20H,3,11H2,1-2H3. The molecule has 4 heteroatoms. The van der Waals surface area contributed by atoms with Gasteiger partial charge in [-0.25, -0.2) is 4.39 Å². The minimum atomic E-state index is -0.175. The molecule has 0 aliphatic rings. The predicted molar refractivity (Wildman–Crippen MR) is 92.4 cm³/mol. The highest BCUT2D eigenvalue weighted by Gasteiger charge is 2.13. The average molecular weight is 368 g/mol. The largest absolute Gasteiger partial charge is 0.309 e. The van der Waals surface area contributed by atoms with E-state index in [-0.39, 0.29) is 11.9 Å². The maximum Gasteiger partial charge on any atom is 0.123 e. The summed E-state index contributed by atoms with van der Waals surface area (Å²) < 4.78 is 14.3. The van der Waals surface area contributed by atoms with Crippen molar-refractivity contribution in [1.29, 1.82) is 0 Å². The second kappa shape index (κ2) is 7.97. The van der Waals surface area contributed by atoms with Crippen molar-refractivity contribution < 1.29 is 4.39 Å². The van der Waals surface area contributed by atoms with Gasteiger partial charge in [0, 0.05) is 21.2 Å². The van der Waals surface area contributed by atoms with Crippen LogP contribution in [0, 0.1) is 12.7 Å². The number of benzene rings is 2. The first-order valence-electron chi connectivity index (χ1n) is 6.98. The molecule has 0 aromatic heterocycles. The molecule has 0 aliphatic heterocycles. The number of hydrogen-bond donors (Lipinski definition) is 1. The molecule has 1 unspecified atom stereocenters. The number of nitrogens with one attached hydrogen (secondary N) is 1. The fourth-order valence-corrected chi connectivity index (χ4v) is 3.86. The van der Waals surface area contributed by atoms with Gasteiger partial charge in [-0.05, 0) is 54.9 Å². The zero-order chi connectivity index (χ0) is 15.2. The first-order valence-corrected chi connectivity index (χ1v) is 8.76. The topological polar surface area (TPSA) is 12.0 Å².